The number of aliphatic hydroxyl groups is 16. The Balaban J connectivity index is 0.849. The van der Waals surface area contributed by atoms with Crippen LogP contribution in [0, 0.1) is 50.2 Å². The molecule has 0 aromatic carbocycles. The number of hydrogen-bond donors (Lipinski definition) is 16. The minimum Gasteiger partial charge on any atom is -0.432 e. The van der Waals surface area contributed by atoms with Crippen LogP contribution in [0.3, 0.4) is 0 Å². The first-order valence-electron chi connectivity index (χ1n) is 30.8. The second-order valence-electron chi connectivity index (χ2n) is 28.5. The molecule has 0 unspecified atom stereocenters. The fourth-order valence-electron chi connectivity index (χ4n) is 17.6. The van der Waals surface area contributed by atoms with Gasteiger partial charge in [-0.3, -0.25) is 4.79 Å². The molecule has 0 amide bonds. The second kappa shape index (κ2) is 24.9. The Kier molecular flexibility index (Phi) is 19.4. The average molecular weight is 1240 g/mol. The lowest BCUT2D eigenvalue weighted by molar-refractivity contribution is -0.383. The van der Waals surface area contributed by atoms with E-state index < -0.39 is 196 Å². The monoisotopic (exact) mass is 1240 g/mol. The van der Waals surface area contributed by atoms with Gasteiger partial charge in [0.2, 0.25) is 6.29 Å². The SMILES string of the molecule is C[C@@H]1O[C@@H](O[C@H]2[C@@H](O[C@H]3CC[C@@]4(C)[C@@H](CC[C@]5(C)[C@@H]4CC=C4[C@@H]6CC(C)(C)CC[C@]6(C(=O)O[C@@H]6O[C@H](CO[C@@H]7O[C@H](CO)[C@@H](O)[C@H](O)[C@H]7O)[C@@H](O)[C@H](O)[C@H]6O)CC[C@]45C)[C@]3(C)CO)OC[C@H](O)[C@@H]2O)[C@H](O)[C@H](O[C@@H]2O[C@H](CO)[C@@H](O)[C@H](O)[C@H]2O)[C@H]1O. The van der Waals surface area contributed by atoms with Crippen molar-refractivity contribution in [2.45, 2.75) is 266 Å². The lowest BCUT2D eigenvalue weighted by atomic mass is 9.33. The molecule has 5 saturated heterocycles. The summed E-state index contributed by atoms with van der Waals surface area (Å²) < 4.78 is 59.5. The summed E-state index contributed by atoms with van der Waals surface area (Å²) in [5.41, 5.74) is -2.07. The second-order valence-corrected chi connectivity index (χ2v) is 28.5. The van der Waals surface area contributed by atoms with Gasteiger partial charge in [0.1, 0.15) is 110 Å². The van der Waals surface area contributed by atoms with Gasteiger partial charge in [0.15, 0.2) is 25.2 Å². The number of rotatable bonds is 14. The molecule has 0 aromatic heterocycles. The van der Waals surface area contributed by atoms with Crippen LogP contribution in [0.5, 0.6) is 0 Å². The molecule has 4 saturated carbocycles. The summed E-state index contributed by atoms with van der Waals surface area (Å²) in [6, 6.07) is 0. The molecular weight excluding hydrogens is 1140 g/mol. The zero-order valence-electron chi connectivity index (χ0n) is 50.0. The summed E-state index contributed by atoms with van der Waals surface area (Å²) in [7, 11) is 0. The zero-order chi connectivity index (χ0) is 62.7. The quantitative estimate of drug-likeness (QED) is 0.0454. The van der Waals surface area contributed by atoms with Gasteiger partial charge in [-0.25, -0.2) is 0 Å². The Morgan fingerprint density at radius 1 is 0.558 bits per heavy atom. The fourth-order valence-corrected chi connectivity index (χ4v) is 17.6. The van der Waals surface area contributed by atoms with Crippen molar-refractivity contribution in [3.63, 3.8) is 0 Å². The first-order chi connectivity index (χ1) is 40.4. The van der Waals surface area contributed by atoms with E-state index in [1.807, 2.05) is 6.92 Å². The van der Waals surface area contributed by atoms with E-state index in [-0.39, 0.29) is 47.2 Å². The van der Waals surface area contributed by atoms with Gasteiger partial charge in [-0.15, -0.1) is 0 Å². The topological polar surface area (TPSA) is 433 Å². The predicted octanol–water partition coefficient (Wildman–Crippen LogP) is -3.57. The molecular formula is C59H96O27. The molecule has 5 heterocycles. The molecule has 16 N–H and O–H groups in total. The zero-order valence-corrected chi connectivity index (χ0v) is 50.0. The number of hydrogen-bond acceptors (Lipinski definition) is 27. The van der Waals surface area contributed by atoms with Crippen LogP contribution in [0.1, 0.15) is 113 Å². The molecule has 5 aliphatic carbocycles. The molecule has 0 aromatic rings. The molecule has 0 spiro atoms. The van der Waals surface area contributed by atoms with Crippen molar-refractivity contribution in [3.8, 4) is 0 Å². The van der Waals surface area contributed by atoms with E-state index >= 15 is 4.79 Å². The number of allylic oxidation sites excluding steroid dienone is 2. The molecule has 494 valence electrons. The van der Waals surface area contributed by atoms with E-state index in [2.05, 4.69) is 40.7 Å². The Morgan fingerprint density at radius 2 is 1.13 bits per heavy atom. The first-order valence-corrected chi connectivity index (χ1v) is 30.8. The van der Waals surface area contributed by atoms with Crippen LogP contribution in [-0.2, 0) is 52.2 Å². The third-order valence-corrected chi connectivity index (χ3v) is 23.2. The van der Waals surface area contributed by atoms with Crippen LogP contribution in [0.4, 0.5) is 0 Å². The molecule has 5 aliphatic heterocycles. The van der Waals surface area contributed by atoms with Crippen LogP contribution < -0.4 is 0 Å². The van der Waals surface area contributed by atoms with Crippen molar-refractivity contribution in [1.29, 1.82) is 0 Å². The largest absolute Gasteiger partial charge is 0.432 e. The van der Waals surface area contributed by atoms with Crippen LogP contribution in [0.2, 0.25) is 0 Å². The van der Waals surface area contributed by atoms with Gasteiger partial charge in [0.05, 0.1) is 50.7 Å². The van der Waals surface area contributed by atoms with E-state index in [4.69, 9.17) is 47.4 Å². The standard InChI is InChI=1S/C59H96O27/c1-24-34(64)46(84-49-43(73)40(70)37(67)29(20-61)81-49)45(75)51(79-24)85-47-35(65)27(63)21-77-52(47)83-33-11-12-55(4)31(56(33,5)23-62)10-13-58(7)32(55)9-8-25-26-18-54(2,3)14-16-59(26,17-15-57(25,58)6)53(76)86-50-44(74)41(71)38(68)30(82-50)22-78-48-42(72)39(69)36(66)28(19-60)80-48/h8,24,26-52,60-75H,9-23H2,1-7H3/t24-,26-,27-,28+,29+,30+,31+,32+,33-,34-,35-,36+,37+,38+,39-,40-,41-,42+,43+,44+,45+,46+,47+,48+,49-,50-,51-,52+,55-,56-,57+,58+,59-/m0/s1. The van der Waals surface area contributed by atoms with E-state index in [9.17, 15) is 81.7 Å². The Bertz CT molecular complexity index is 2380. The van der Waals surface area contributed by atoms with Crippen molar-refractivity contribution < 1.29 is 134 Å². The average Bonchev–Trinajstić information content (AvgIpc) is 0.689. The molecule has 10 rings (SSSR count). The molecule has 27 nitrogen and oxygen atoms in total. The highest BCUT2D eigenvalue weighted by molar-refractivity contribution is 5.79. The molecule has 27 heteroatoms. The summed E-state index contributed by atoms with van der Waals surface area (Å²) in [6.45, 7) is 12.1. The van der Waals surface area contributed by atoms with Crippen molar-refractivity contribution in [2.24, 2.45) is 50.2 Å². The van der Waals surface area contributed by atoms with E-state index in [1.165, 1.54) is 12.5 Å². The molecule has 0 radical (unpaired) electrons. The lowest BCUT2D eigenvalue weighted by Crippen LogP contribution is -2.67. The van der Waals surface area contributed by atoms with Gasteiger partial charge < -0.3 is 129 Å². The Labute approximate surface area is 499 Å². The summed E-state index contributed by atoms with van der Waals surface area (Å²) in [5.74, 6) is -0.929. The highest BCUT2D eigenvalue weighted by atomic mass is 16.8. The minimum absolute atomic E-state index is 0.0885. The van der Waals surface area contributed by atoms with Gasteiger partial charge in [-0.1, -0.05) is 53.2 Å². The third-order valence-electron chi connectivity index (χ3n) is 23.2. The van der Waals surface area contributed by atoms with Gasteiger partial charge >= 0.3 is 5.97 Å². The molecule has 86 heavy (non-hydrogen) atoms. The molecule has 0 bridgehead atoms. The van der Waals surface area contributed by atoms with Crippen LogP contribution in [0.25, 0.3) is 0 Å². The fraction of sp³-hybridized carbons (Fsp3) is 0.949. The highest BCUT2D eigenvalue weighted by Gasteiger charge is 2.71. The van der Waals surface area contributed by atoms with Crippen LogP contribution in [-0.4, -0.2) is 274 Å². The van der Waals surface area contributed by atoms with E-state index in [1.54, 1.807) is 0 Å². The number of ether oxygens (including phenoxy) is 10. The maximum Gasteiger partial charge on any atom is 0.315 e. The Morgan fingerprint density at radius 3 is 1.77 bits per heavy atom. The number of esters is 1. The summed E-state index contributed by atoms with van der Waals surface area (Å²) in [4.78, 5) is 15.1. The van der Waals surface area contributed by atoms with Crippen LogP contribution >= 0.6 is 0 Å². The van der Waals surface area contributed by atoms with Gasteiger partial charge in [-0.05, 0) is 111 Å². The summed E-state index contributed by atoms with van der Waals surface area (Å²) in [5, 5.41) is 172. The van der Waals surface area contributed by atoms with Gasteiger partial charge in [-0.2, -0.15) is 0 Å². The van der Waals surface area contributed by atoms with E-state index in [0.29, 0.717) is 57.8 Å². The smallest absolute Gasteiger partial charge is 0.315 e. The molecule has 10 aliphatic rings. The lowest BCUT2D eigenvalue weighted by Gasteiger charge is -2.71. The van der Waals surface area contributed by atoms with Crippen molar-refractivity contribution in [1.82, 2.24) is 0 Å². The third kappa shape index (κ3) is 11.2. The number of aliphatic hydroxyl groups excluding tert-OH is 16. The maximum absolute atomic E-state index is 15.1. The normalized spacial score (nSPS) is 54.8. The summed E-state index contributed by atoms with van der Waals surface area (Å²) >= 11 is 0. The van der Waals surface area contributed by atoms with Crippen molar-refractivity contribution in [3.05, 3.63) is 11.6 Å². The Hall–Kier alpha value is -1.79. The maximum atomic E-state index is 15.1. The molecule has 9 fully saturated rings. The minimum atomic E-state index is -1.87. The highest BCUT2D eigenvalue weighted by Crippen LogP contribution is 2.76. The number of carbonyl (C=O) groups is 1. The van der Waals surface area contributed by atoms with Crippen molar-refractivity contribution in [2.75, 3.05) is 33.0 Å². The van der Waals surface area contributed by atoms with Crippen molar-refractivity contribution >= 4 is 5.97 Å². The van der Waals surface area contributed by atoms with Crippen LogP contribution in [0.15, 0.2) is 11.6 Å². The van der Waals surface area contributed by atoms with E-state index in [0.717, 1.165) is 6.42 Å². The first kappa shape index (κ1) is 67.1. The molecule has 33 atom stereocenters. The van der Waals surface area contributed by atoms with Gasteiger partial charge in [0, 0.05) is 5.41 Å². The van der Waals surface area contributed by atoms with Gasteiger partial charge in [0.25, 0.3) is 0 Å². The predicted molar refractivity (Wildman–Crippen MR) is 289 cm³/mol. The number of carbonyl (C=O) groups excluding carboxylic acids is 1. The number of fused-ring (bicyclic) bond motifs is 7. The summed E-state index contributed by atoms with van der Waals surface area (Å²) in [6.07, 6.45) is -31.4.